The van der Waals surface area contributed by atoms with Crippen molar-refractivity contribution in [2.45, 2.75) is 6.04 Å². The second kappa shape index (κ2) is 5.48. The lowest BCUT2D eigenvalue weighted by atomic mass is 10.0. The van der Waals surface area contributed by atoms with E-state index in [0.717, 1.165) is 15.7 Å². The van der Waals surface area contributed by atoms with Gasteiger partial charge >= 0.3 is 0 Å². The van der Waals surface area contributed by atoms with Gasteiger partial charge in [0.05, 0.1) is 22.4 Å². The van der Waals surface area contributed by atoms with Crippen molar-refractivity contribution >= 4 is 31.9 Å². The molecule has 0 fully saturated rings. The van der Waals surface area contributed by atoms with E-state index >= 15 is 0 Å². The van der Waals surface area contributed by atoms with Crippen LogP contribution in [0.5, 0.6) is 0 Å². The summed E-state index contributed by atoms with van der Waals surface area (Å²) in [5, 5.41) is 4.14. The van der Waals surface area contributed by atoms with E-state index in [1.54, 1.807) is 16.9 Å². The maximum absolute atomic E-state index is 13.1. The number of halogens is 3. The van der Waals surface area contributed by atoms with Crippen LogP contribution in [-0.2, 0) is 7.05 Å². The zero-order valence-electron chi connectivity index (χ0n) is 9.49. The minimum atomic E-state index is -0.300. The first-order valence-electron chi connectivity index (χ1n) is 5.13. The van der Waals surface area contributed by atoms with Crippen LogP contribution in [0.25, 0.3) is 0 Å². The Hall–Kier alpha value is -0.760. The second-order valence-corrected chi connectivity index (χ2v) is 5.48. The molecule has 18 heavy (non-hydrogen) atoms. The molecular weight excluding hydrogens is 367 g/mol. The summed E-state index contributed by atoms with van der Waals surface area (Å²) < 4.78 is 16.3. The predicted molar refractivity (Wildman–Crippen MR) is 74.2 cm³/mol. The molecule has 0 aliphatic carbocycles. The number of nitrogens with zero attached hydrogens (tertiary/aromatic N) is 2. The van der Waals surface area contributed by atoms with E-state index in [1.807, 2.05) is 7.05 Å². The van der Waals surface area contributed by atoms with Crippen molar-refractivity contribution in [2.75, 3.05) is 0 Å². The average Bonchev–Trinajstić information content (AvgIpc) is 2.64. The molecule has 0 spiro atoms. The molecule has 2 aromatic rings. The van der Waals surface area contributed by atoms with E-state index in [1.165, 1.54) is 12.1 Å². The van der Waals surface area contributed by atoms with Crippen LogP contribution < -0.4 is 11.3 Å². The Kier molecular flexibility index (Phi) is 4.16. The summed E-state index contributed by atoms with van der Waals surface area (Å²) in [6.45, 7) is 0. The second-order valence-electron chi connectivity index (χ2n) is 3.77. The van der Waals surface area contributed by atoms with Crippen molar-refractivity contribution in [3.63, 3.8) is 0 Å². The number of aryl methyl sites for hydroxylation is 1. The zero-order chi connectivity index (χ0) is 13.3. The van der Waals surface area contributed by atoms with Crippen molar-refractivity contribution in [3.05, 3.63) is 50.4 Å². The monoisotopic (exact) mass is 376 g/mol. The van der Waals surface area contributed by atoms with E-state index in [4.69, 9.17) is 5.84 Å². The fourth-order valence-electron chi connectivity index (χ4n) is 1.80. The van der Waals surface area contributed by atoms with Gasteiger partial charge in [-0.25, -0.2) is 9.82 Å². The van der Waals surface area contributed by atoms with Crippen LogP contribution in [0.3, 0.4) is 0 Å². The third-order valence-corrected chi connectivity index (χ3v) is 3.95. The van der Waals surface area contributed by atoms with Gasteiger partial charge in [0, 0.05) is 11.5 Å². The predicted octanol–water partition coefficient (Wildman–Crippen LogP) is 2.64. The fraction of sp³-hybridized carbons (Fsp3) is 0.182. The number of hydrogen-bond donors (Lipinski definition) is 2. The molecule has 0 amide bonds. The smallest absolute Gasteiger partial charge is 0.124 e. The highest BCUT2D eigenvalue weighted by Gasteiger charge is 2.21. The Morgan fingerprint density at radius 2 is 2.11 bits per heavy atom. The Morgan fingerprint density at radius 3 is 2.61 bits per heavy atom. The molecule has 7 heteroatoms. The highest BCUT2D eigenvalue weighted by atomic mass is 79.9. The Morgan fingerprint density at radius 1 is 1.39 bits per heavy atom. The van der Waals surface area contributed by atoms with Crippen molar-refractivity contribution in [3.8, 4) is 0 Å². The van der Waals surface area contributed by atoms with Gasteiger partial charge in [-0.05, 0) is 33.6 Å². The van der Waals surface area contributed by atoms with Crippen molar-refractivity contribution in [1.29, 1.82) is 0 Å². The molecule has 0 bridgehead atoms. The van der Waals surface area contributed by atoms with Crippen LogP contribution in [0.2, 0.25) is 0 Å². The fourth-order valence-corrected chi connectivity index (χ4v) is 2.95. The molecule has 4 nitrogen and oxygen atoms in total. The summed E-state index contributed by atoms with van der Waals surface area (Å²) in [7, 11) is 1.82. The SMILES string of the molecule is Cn1ncc(Br)c1C(NN)c1ccc(F)cc1Br. The third kappa shape index (κ3) is 2.49. The van der Waals surface area contributed by atoms with Crippen molar-refractivity contribution in [1.82, 2.24) is 15.2 Å². The molecule has 0 radical (unpaired) electrons. The highest BCUT2D eigenvalue weighted by Crippen LogP contribution is 2.32. The van der Waals surface area contributed by atoms with Crippen LogP contribution >= 0.6 is 31.9 Å². The Labute approximate surface area is 121 Å². The number of rotatable bonds is 3. The van der Waals surface area contributed by atoms with Crippen LogP contribution in [0.1, 0.15) is 17.3 Å². The zero-order valence-corrected chi connectivity index (χ0v) is 12.7. The van der Waals surface area contributed by atoms with Gasteiger partial charge in [0.15, 0.2) is 0 Å². The molecule has 96 valence electrons. The number of nitrogens with one attached hydrogen (secondary N) is 1. The molecule has 1 aromatic heterocycles. The lowest BCUT2D eigenvalue weighted by Gasteiger charge is -2.19. The number of hydrogen-bond acceptors (Lipinski definition) is 3. The molecule has 1 heterocycles. The number of hydrazine groups is 1. The molecule has 0 saturated heterocycles. The molecule has 0 aliphatic rings. The lowest BCUT2D eigenvalue weighted by Crippen LogP contribution is -2.31. The van der Waals surface area contributed by atoms with E-state index in [0.29, 0.717) is 4.47 Å². The van der Waals surface area contributed by atoms with Gasteiger partial charge in [0.25, 0.3) is 0 Å². The molecule has 1 aromatic carbocycles. The molecule has 2 rings (SSSR count). The first kappa shape index (κ1) is 13.7. The molecule has 3 N–H and O–H groups in total. The summed E-state index contributed by atoms with van der Waals surface area (Å²) >= 11 is 6.77. The van der Waals surface area contributed by atoms with Crippen LogP contribution in [0.15, 0.2) is 33.3 Å². The summed E-state index contributed by atoms with van der Waals surface area (Å²) in [6, 6.07) is 4.20. The quantitative estimate of drug-likeness (QED) is 0.638. The lowest BCUT2D eigenvalue weighted by molar-refractivity contribution is 0.568. The molecule has 1 unspecified atom stereocenters. The van der Waals surface area contributed by atoms with E-state index in [9.17, 15) is 4.39 Å². The average molecular weight is 378 g/mol. The van der Waals surface area contributed by atoms with Crippen LogP contribution in [0, 0.1) is 5.82 Å². The van der Waals surface area contributed by atoms with Gasteiger partial charge in [0.2, 0.25) is 0 Å². The van der Waals surface area contributed by atoms with Crippen LogP contribution in [0.4, 0.5) is 4.39 Å². The number of aromatic nitrogens is 2. The summed E-state index contributed by atoms with van der Waals surface area (Å²) in [5.74, 6) is 5.31. The van der Waals surface area contributed by atoms with Gasteiger partial charge in [0.1, 0.15) is 5.82 Å². The largest absolute Gasteiger partial charge is 0.271 e. The van der Waals surface area contributed by atoms with Gasteiger partial charge in [-0.3, -0.25) is 10.5 Å². The van der Waals surface area contributed by atoms with Crippen LogP contribution in [-0.4, -0.2) is 9.78 Å². The molecule has 0 aliphatic heterocycles. The number of benzene rings is 1. The van der Waals surface area contributed by atoms with Crippen molar-refractivity contribution < 1.29 is 4.39 Å². The molecule has 1 atom stereocenters. The normalized spacial score (nSPS) is 12.7. The minimum absolute atomic E-state index is 0.290. The molecule has 0 saturated carbocycles. The summed E-state index contributed by atoms with van der Waals surface area (Å²) in [4.78, 5) is 0. The van der Waals surface area contributed by atoms with Gasteiger partial charge < -0.3 is 0 Å². The summed E-state index contributed by atoms with van der Waals surface area (Å²) in [6.07, 6.45) is 1.69. The van der Waals surface area contributed by atoms with E-state index < -0.39 is 0 Å². The first-order valence-corrected chi connectivity index (χ1v) is 6.71. The Bertz CT molecular complexity index is 551. The van der Waals surface area contributed by atoms with E-state index in [-0.39, 0.29) is 11.9 Å². The van der Waals surface area contributed by atoms with Gasteiger partial charge in [-0.2, -0.15) is 5.10 Å². The highest BCUT2D eigenvalue weighted by molar-refractivity contribution is 9.10. The Balaban J connectivity index is 2.52. The topological polar surface area (TPSA) is 55.9 Å². The minimum Gasteiger partial charge on any atom is -0.271 e. The van der Waals surface area contributed by atoms with E-state index in [2.05, 4.69) is 42.4 Å². The third-order valence-electron chi connectivity index (χ3n) is 2.65. The van der Waals surface area contributed by atoms with Gasteiger partial charge in [-0.1, -0.05) is 22.0 Å². The summed E-state index contributed by atoms with van der Waals surface area (Å²) in [5.41, 5.74) is 4.42. The standard InChI is InChI=1S/C11H11Br2FN4/c1-18-11(9(13)5-16-18)10(17-15)7-3-2-6(14)4-8(7)12/h2-5,10,17H,15H2,1H3. The maximum Gasteiger partial charge on any atom is 0.124 e. The maximum atomic E-state index is 13.1. The van der Waals surface area contributed by atoms with Crippen molar-refractivity contribution in [2.24, 2.45) is 12.9 Å². The first-order chi connectivity index (χ1) is 8.54. The molecular formula is C11H11Br2FN4. The number of nitrogens with two attached hydrogens (primary N) is 1. The van der Waals surface area contributed by atoms with Gasteiger partial charge in [-0.15, -0.1) is 0 Å².